The molecular formula is C11H12N6O. The number of anilines is 1. The Morgan fingerprint density at radius 3 is 2.83 bits per heavy atom. The fourth-order valence-corrected chi connectivity index (χ4v) is 1.89. The molecule has 0 aliphatic carbocycles. The van der Waals surface area contributed by atoms with E-state index in [1.807, 2.05) is 25.4 Å². The smallest absolute Gasteiger partial charge is 0.240 e. The van der Waals surface area contributed by atoms with Crippen LogP contribution in [0.3, 0.4) is 0 Å². The third kappa shape index (κ3) is 1.48. The van der Waals surface area contributed by atoms with Gasteiger partial charge in [-0.1, -0.05) is 0 Å². The number of nitrogens with two attached hydrogens (primary N) is 1. The first-order chi connectivity index (χ1) is 8.69. The van der Waals surface area contributed by atoms with Gasteiger partial charge in [-0.15, -0.1) is 5.10 Å². The molecule has 2 N–H and O–H groups in total. The summed E-state index contributed by atoms with van der Waals surface area (Å²) in [6.07, 6.45) is 3.66. The first kappa shape index (κ1) is 10.6. The van der Waals surface area contributed by atoms with Crippen LogP contribution in [0, 0.1) is 0 Å². The van der Waals surface area contributed by atoms with Crippen molar-refractivity contribution < 1.29 is 4.74 Å². The van der Waals surface area contributed by atoms with E-state index in [-0.39, 0.29) is 5.95 Å². The van der Waals surface area contributed by atoms with Gasteiger partial charge in [0.05, 0.1) is 19.0 Å². The van der Waals surface area contributed by atoms with Crippen LogP contribution in [0.1, 0.15) is 0 Å². The third-order valence-electron chi connectivity index (χ3n) is 2.69. The molecule has 92 valence electrons. The monoisotopic (exact) mass is 244 g/mol. The summed E-state index contributed by atoms with van der Waals surface area (Å²) in [6.45, 7) is 0. The number of fused-ring (bicyclic) bond motifs is 1. The Morgan fingerprint density at radius 2 is 2.17 bits per heavy atom. The van der Waals surface area contributed by atoms with Gasteiger partial charge in [0.15, 0.2) is 11.4 Å². The van der Waals surface area contributed by atoms with Crippen molar-refractivity contribution in [2.75, 3.05) is 12.8 Å². The van der Waals surface area contributed by atoms with E-state index in [0.29, 0.717) is 11.4 Å². The Balaban J connectivity index is 2.30. The second-order valence-corrected chi connectivity index (χ2v) is 3.90. The van der Waals surface area contributed by atoms with E-state index >= 15 is 0 Å². The van der Waals surface area contributed by atoms with Gasteiger partial charge in [-0.25, -0.2) is 4.52 Å². The molecule has 3 aromatic heterocycles. The number of aryl methyl sites for hydroxylation is 1. The Morgan fingerprint density at radius 1 is 1.33 bits per heavy atom. The number of aromatic nitrogens is 5. The van der Waals surface area contributed by atoms with Crippen molar-refractivity contribution in [2.45, 2.75) is 0 Å². The fraction of sp³-hybridized carbons (Fsp3) is 0.182. The Hall–Kier alpha value is -2.57. The van der Waals surface area contributed by atoms with Crippen LogP contribution >= 0.6 is 0 Å². The molecule has 0 saturated heterocycles. The lowest BCUT2D eigenvalue weighted by molar-refractivity contribution is 0.416. The number of nitrogens with zero attached hydrogens (tertiary/aromatic N) is 5. The molecule has 0 atom stereocenters. The summed E-state index contributed by atoms with van der Waals surface area (Å²) in [5, 5.41) is 8.32. The standard InChI is InChI=1S/C11H12N6O/c1-16-6-7(5-13-16)8-3-4-9(18-2)10-14-11(12)15-17(8)10/h3-6H,1-2H3,(H2,12,15). The van der Waals surface area contributed by atoms with E-state index in [1.165, 1.54) is 0 Å². The van der Waals surface area contributed by atoms with Crippen molar-refractivity contribution in [3.63, 3.8) is 0 Å². The number of nitrogen functional groups attached to an aromatic ring is 1. The molecule has 0 unspecified atom stereocenters. The topological polar surface area (TPSA) is 83.3 Å². The molecule has 18 heavy (non-hydrogen) atoms. The van der Waals surface area contributed by atoms with Gasteiger partial charge in [0, 0.05) is 18.8 Å². The van der Waals surface area contributed by atoms with Crippen LogP contribution in [0.25, 0.3) is 16.9 Å². The molecule has 3 rings (SSSR count). The quantitative estimate of drug-likeness (QED) is 0.718. The summed E-state index contributed by atoms with van der Waals surface area (Å²) < 4.78 is 8.62. The van der Waals surface area contributed by atoms with Crippen LogP contribution in [0.2, 0.25) is 0 Å². The van der Waals surface area contributed by atoms with Crippen LogP contribution in [0.15, 0.2) is 24.5 Å². The van der Waals surface area contributed by atoms with Gasteiger partial charge in [-0.05, 0) is 12.1 Å². The van der Waals surface area contributed by atoms with Gasteiger partial charge < -0.3 is 10.5 Å². The van der Waals surface area contributed by atoms with E-state index in [2.05, 4.69) is 15.2 Å². The number of rotatable bonds is 2. The highest BCUT2D eigenvalue weighted by Crippen LogP contribution is 2.25. The van der Waals surface area contributed by atoms with Gasteiger partial charge in [0.1, 0.15) is 0 Å². The molecule has 0 fully saturated rings. The lowest BCUT2D eigenvalue weighted by Gasteiger charge is -2.05. The number of methoxy groups -OCH3 is 1. The maximum absolute atomic E-state index is 5.65. The maximum Gasteiger partial charge on any atom is 0.240 e. The van der Waals surface area contributed by atoms with Gasteiger partial charge >= 0.3 is 0 Å². The average Bonchev–Trinajstić information content (AvgIpc) is 2.93. The van der Waals surface area contributed by atoms with E-state index in [9.17, 15) is 0 Å². The third-order valence-corrected chi connectivity index (χ3v) is 2.69. The molecule has 3 heterocycles. The van der Waals surface area contributed by atoms with Crippen molar-refractivity contribution in [3.05, 3.63) is 24.5 Å². The Kier molecular flexibility index (Phi) is 2.19. The van der Waals surface area contributed by atoms with Crippen LogP contribution in [0.5, 0.6) is 5.75 Å². The van der Waals surface area contributed by atoms with Crippen molar-refractivity contribution >= 4 is 11.6 Å². The zero-order valence-corrected chi connectivity index (χ0v) is 10.0. The van der Waals surface area contributed by atoms with Crippen molar-refractivity contribution in [3.8, 4) is 17.0 Å². The minimum absolute atomic E-state index is 0.213. The number of hydrogen-bond acceptors (Lipinski definition) is 5. The second-order valence-electron chi connectivity index (χ2n) is 3.90. The lowest BCUT2D eigenvalue weighted by atomic mass is 10.2. The molecule has 0 bridgehead atoms. The zero-order chi connectivity index (χ0) is 12.7. The first-order valence-corrected chi connectivity index (χ1v) is 5.37. The highest BCUT2D eigenvalue weighted by atomic mass is 16.5. The Bertz CT molecular complexity index is 713. The fourth-order valence-electron chi connectivity index (χ4n) is 1.89. The highest BCUT2D eigenvalue weighted by Gasteiger charge is 2.13. The van der Waals surface area contributed by atoms with Crippen molar-refractivity contribution in [1.29, 1.82) is 0 Å². The summed E-state index contributed by atoms with van der Waals surface area (Å²) >= 11 is 0. The van der Waals surface area contributed by atoms with Crippen LogP contribution in [0.4, 0.5) is 5.95 Å². The van der Waals surface area contributed by atoms with E-state index in [4.69, 9.17) is 10.5 Å². The molecule has 0 radical (unpaired) electrons. The average molecular weight is 244 g/mol. The number of hydrogen-bond donors (Lipinski definition) is 1. The number of pyridine rings is 1. The van der Waals surface area contributed by atoms with Gasteiger partial charge in [-0.2, -0.15) is 10.1 Å². The van der Waals surface area contributed by atoms with Gasteiger partial charge in [-0.3, -0.25) is 4.68 Å². The summed E-state index contributed by atoms with van der Waals surface area (Å²) in [4.78, 5) is 4.15. The van der Waals surface area contributed by atoms with Crippen molar-refractivity contribution in [1.82, 2.24) is 24.4 Å². The van der Waals surface area contributed by atoms with Crippen LogP contribution in [-0.4, -0.2) is 31.5 Å². The molecule has 0 aliphatic rings. The molecule has 0 saturated carbocycles. The van der Waals surface area contributed by atoms with Gasteiger partial charge in [0.2, 0.25) is 5.95 Å². The molecule has 0 aliphatic heterocycles. The molecular weight excluding hydrogens is 232 g/mol. The predicted octanol–water partition coefficient (Wildman–Crippen LogP) is 0.721. The normalized spacial score (nSPS) is 11.0. The largest absolute Gasteiger partial charge is 0.493 e. The summed E-state index contributed by atoms with van der Waals surface area (Å²) in [5.41, 5.74) is 8.04. The van der Waals surface area contributed by atoms with E-state index in [0.717, 1.165) is 11.3 Å². The van der Waals surface area contributed by atoms with Crippen LogP contribution < -0.4 is 10.5 Å². The predicted molar refractivity (Wildman–Crippen MR) is 66.2 cm³/mol. The maximum atomic E-state index is 5.65. The Labute approximate surface area is 103 Å². The van der Waals surface area contributed by atoms with E-state index < -0.39 is 0 Å². The summed E-state index contributed by atoms with van der Waals surface area (Å²) in [5.74, 6) is 0.844. The number of ether oxygens (including phenoxy) is 1. The van der Waals surface area contributed by atoms with Crippen LogP contribution in [-0.2, 0) is 7.05 Å². The summed E-state index contributed by atoms with van der Waals surface area (Å²) in [6, 6.07) is 3.74. The SMILES string of the molecule is COc1ccc(-c2cnn(C)c2)n2nc(N)nc12. The van der Waals surface area contributed by atoms with E-state index in [1.54, 1.807) is 22.5 Å². The molecule has 3 aromatic rings. The lowest BCUT2D eigenvalue weighted by Crippen LogP contribution is -1.96. The minimum Gasteiger partial charge on any atom is -0.493 e. The molecule has 0 spiro atoms. The zero-order valence-electron chi connectivity index (χ0n) is 10.0. The molecule has 0 amide bonds. The summed E-state index contributed by atoms with van der Waals surface area (Å²) in [7, 11) is 3.45. The first-order valence-electron chi connectivity index (χ1n) is 5.37. The second kappa shape index (κ2) is 3.73. The highest BCUT2D eigenvalue weighted by molar-refractivity contribution is 5.66. The van der Waals surface area contributed by atoms with Crippen molar-refractivity contribution in [2.24, 2.45) is 7.05 Å². The molecule has 0 aromatic carbocycles. The van der Waals surface area contributed by atoms with Gasteiger partial charge in [0.25, 0.3) is 0 Å². The minimum atomic E-state index is 0.213. The molecule has 7 nitrogen and oxygen atoms in total. The molecule has 7 heteroatoms.